The third-order valence-corrected chi connectivity index (χ3v) is 3.38. The molecular formula is C16H16O3. The molecule has 1 saturated heterocycles. The summed E-state index contributed by atoms with van der Waals surface area (Å²) in [6.45, 7) is 0. The number of ether oxygens (including phenoxy) is 3. The predicted molar refractivity (Wildman–Crippen MR) is 72.6 cm³/mol. The molecule has 0 aromatic heterocycles. The van der Waals surface area contributed by atoms with E-state index in [1.54, 1.807) is 14.2 Å². The highest BCUT2D eigenvalue weighted by Gasteiger charge is 2.42. The van der Waals surface area contributed by atoms with Gasteiger partial charge in [0.25, 0.3) is 0 Å². The molecule has 1 aliphatic heterocycles. The SMILES string of the molecule is COc1ccc([C@H]2O[C@@H]2c2ccccc2OC)cc1. The Morgan fingerprint density at radius 2 is 1.58 bits per heavy atom. The van der Waals surface area contributed by atoms with Gasteiger partial charge in [-0.3, -0.25) is 0 Å². The van der Waals surface area contributed by atoms with Crippen LogP contribution in [0.4, 0.5) is 0 Å². The van der Waals surface area contributed by atoms with E-state index in [4.69, 9.17) is 14.2 Å². The lowest BCUT2D eigenvalue weighted by Crippen LogP contribution is -1.91. The zero-order chi connectivity index (χ0) is 13.2. The maximum atomic E-state index is 5.78. The molecular weight excluding hydrogens is 240 g/mol. The number of methoxy groups -OCH3 is 2. The fourth-order valence-corrected chi connectivity index (χ4v) is 2.30. The first-order valence-electron chi connectivity index (χ1n) is 6.26. The molecule has 0 bridgehead atoms. The molecule has 0 aliphatic carbocycles. The van der Waals surface area contributed by atoms with Crippen LogP contribution in [0.3, 0.4) is 0 Å². The molecule has 2 aromatic rings. The van der Waals surface area contributed by atoms with Crippen molar-refractivity contribution in [1.29, 1.82) is 0 Å². The van der Waals surface area contributed by atoms with Gasteiger partial charge in [-0.1, -0.05) is 30.3 Å². The second kappa shape index (κ2) is 4.94. The Morgan fingerprint density at radius 1 is 0.842 bits per heavy atom. The van der Waals surface area contributed by atoms with Crippen LogP contribution in [0.25, 0.3) is 0 Å². The van der Waals surface area contributed by atoms with Crippen LogP contribution in [-0.2, 0) is 4.74 Å². The van der Waals surface area contributed by atoms with Gasteiger partial charge in [0.1, 0.15) is 23.7 Å². The summed E-state index contributed by atoms with van der Waals surface area (Å²) in [7, 11) is 3.35. The Morgan fingerprint density at radius 3 is 2.26 bits per heavy atom. The molecule has 0 unspecified atom stereocenters. The van der Waals surface area contributed by atoms with Gasteiger partial charge in [-0.05, 0) is 23.8 Å². The lowest BCUT2D eigenvalue weighted by Gasteiger charge is -2.05. The lowest BCUT2D eigenvalue weighted by atomic mass is 10.0. The topological polar surface area (TPSA) is 31.0 Å². The van der Waals surface area contributed by atoms with Gasteiger partial charge in [0.15, 0.2) is 0 Å². The molecule has 1 fully saturated rings. The maximum Gasteiger partial charge on any atom is 0.124 e. The zero-order valence-electron chi connectivity index (χ0n) is 11.0. The largest absolute Gasteiger partial charge is 0.497 e. The number of hydrogen-bond donors (Lipinski definition) is 0. The van der Waals surface area contributed by atoms with Crippen LogP contribution in [0.1, 0.15) is 23.3 Å². The van der Waals surface area contributed by atoms with Crippen LogP contribution in [0.5, 0.6) is 11.5 Å². The van der Waals surface area contributed by atoms with Crippen LogP contribution in [-0.4, -0.2) is 14.2 Å². The highest BCUT2D eigenvalue weighted by molar-refractivity contribution is 5.40. The number of hydrogen-bond acceptors (Lipinski definition) is 3. The molecule has 1 heterocycles. The third kappa shape index (κ3) is 2.29. The number of rotatable bonds is 4. The minimum absolute atomic E-state index is 0.0875. The van der Waals surface area contributed by atoms with Crippen molar-refractivity contribution in [2.75, 3.05) is 14.2 Å². The standard InChI is InChI=1S/C16H16O3/c1-17-12-9-7-11(8-10-12)15-16(19-15)13-5-3-4-6-14(13)18-2/h3-10,15-16H,1-2H3/t15-,16-/m1/s1. The van der Waals surface area contributed by atoms with Gasteiger partial charge < -0.3 is 14.2 Å². The van der Waals surface area contributed by atoms with E-state index in [1.165, 1.54) is 0 Å². The number of para-hydroxylation sites is 1. The average Bonchev–Trinajstić information content (AvgIpc) is 3.27. The Balaban J connectivity index is 1.80. The predicted octanol–water partition coefficient (Wildman–Crippen LogP) is 3.52. The Labute approximate surface area is 112 Å². The molecule has 19 heavy (non-hydrogen) atoms. The van der Waals surface area contributed by atoms with Gasteiger partial charge >= 0.3 is 0 Å². The van der Waals surface area contributed by atoms with Gasteiger partial charge in [0.05, 0.1) is 14.2 Å². The van der Waals surface area contributed by atoms with Gasteiger partial charge in [-0.15, -0.1) is 0 Å². The maximum absolute atomic E-state index is 5.78. The van der Waals surface area contributed by atoms with Gasteiger partial charge in [0.2, 0.25) is 0 Å². The summed E-state index contributed by atoms with van der Waals surface area (Å²) < 4.78 is 16.3. The van der Waals surface area contributed by atoms with Crippen molar-refractivity contribution in [3.05, 3.63) is 59.7 Å². The first kappa shape index (κ1) is 12.1. The molecule has 2 aromatic carbocycles. The monoisotopic (exact) mass is 256 g/mol. The van der Waals surface area contributed by atoms with Crippen molar-refractivity contribution in [3.63, 3.8) is 0 Å². The van der Waals surface area contributed by atoms with E-state index in [9.17, 15) is 0 Å². The second-order valence-electron chi connectivity index (χ2n) is 4.49. The van der Waals surface area contributed by atoms with Crippen LogP contribution in [0.15, 0.2) is 48.5 Å². The highest BCUT2D eigenvalue weighted by Crippen LogP contribution is 2.53. The summed E-state index contributed by atoms with van der Waals surface area (Å²) in [6, 6.07) is 16.0. The summed E-state index contributed by atoms with van der Waals surface area (Å²) in [4.78, 5) is 0. The molecule has 0 radical (unpaired) electrons. The molecule has 0 saturated carbocycles. The minimum atomic E-state index is 0.0875. The Kier molecular flexibility index (Phi) is 3.13. The van der Waals surface area contributed by atoms with E-state index in [1.807, 2.05) is 48.5 Å². The van der Waals surface area contributed by atoms with Crippen LogP contribution >= 0.6 is 0 Å². The van der Waals surface area contributed by atoms with Gasteiger partial charge in [-0.2, -0.15) is 0 Å². The fourth-order valence-electron chi connectivity index (χ4n) is 2.30. The van der Waals surface area contributed by atoms with E-state index in [0.717, 1.165) is 22.6 Å². The smallest absolute Gasteiger partial charge is 0.124 e. The van der Waals surface area contributed by atoms with Crippen molar-refractivity contribution in [1.82, 2.24) is 0 Å². The quantitative estimate of drug-likeness (QED) is 0.784. The van der Waals surface area contributed by atoms with Crippen LogP contribution < -0.4 is 9.47 Å². The summed E-state index contributed by atoms with van der Waals surface area (Å²) in [5.74, 6) is 1.74. The van der Waals surface area contributed by atoms with Crippen LogP contribution in [0, 0.1) is 0 Å². The molecule has 0 amide bonds. The van der Waals surface area contributed by atoms with Crippen molar-refractivity contribution in [2.45, 2.75) is 12.2 Å². The summed E-state index contributed by atoms with van der Waals surface area (Å²) >= 11 is 0. The molecule has 98 valence electrons. The summed E-state index contributed by atoms with van der Waals surface area (Å²) in [5.41, 5.74) is 2.27. The third-order valence-electron chi connectivity index (χ3n) is 3.38. The molecule has 2 atom stereocenters. The van der Waals surface area contributed by atoms with E-state index >= 15 is 0 Å². The van der Waals surface area contributed by atoms with Crippen molar-refractivity contribution >= 4 is 0 Å². The molecule has 1 aliphatic rings. The van der Waals surface area contributed by atoms with Gasteiger partial charge in [0, 0.05) is 5.56 Å². The second-order valence-corrected chi connectivity index (χ2v) is 4.49. The Bertz CT molecular complexity index is 562. The average molecular weight is 256 g/mol. The summed E-state index contributed by atoms with van der Waals surface area (Å²) in [6.07, 6.45) is 0.201. The molecule has 3 rings (SSSR count). The lowest BCUT2D eigenvalue weighted by molar-refractivity contribution is 0.364. The molecule has 0 N–H and O–H groups in total. The van der Waals surface area contributed by atoms with Crippen molar-refractivity contribution < 1.29 is 14.2 Å². The van der Waals surface area contributed by atoms with Crippen molar-refractivity contribution in [2.24, 2.45) is 0 Å². The van der Waals surface area contributed by atoms with E-state index in [0.29, 0.717) is 0 Å². The van der Waals surface area contributed by atoms with E-state index < -0.39 is 0 Å². The molecule has 3 nitrogen and oxygen atoms in total. The van der Waals surface area contributed by atoms with Crippen LogP contribution in [0.2, 0.25) is 0 Å². The fraction of sp³-hybridized carbons (Fsp3) is 0.250. The van der Waals surface area contributed by atoms with Gasteiger partial charge in [-0.25, -0.2) is 0 Å². The first-order valence-corrected chi connectivity index (χ1v) is 6.26. The highest BCUT2D eigenvalue weighted by atomic mass is 16.6. The number of epoxide rings is 1. The first-order chi connectivity index (χ1) is 9.33. The normalized spacial score (nSPS) is 20.9. The molecule has 3 heteroatoms. The number of benzene rings is 2. The zero-order valence-corrected chi connectivity index (χ0v) is 11.0. The Hall–Kier alpha value is -2.00. The van der Waals surface area contributed by atoms with Crippen molar-refractivity contribution in [3.8, 4) is 11.5 Å². The molecule has 0 spiro atoms. The summed E-state index contributed by atoms with van der Waals surface area (Å²) in [5, 5.41) is 0. The van der Waals surface area contributed by atoms with E-state index in [-0.39, 0.29) is 12.2 Å². The van der Waals surface area contributed by atoms with E-state index in [2.05, 4.69) is 0 Å². The minimum Gasteiger partial charge on any atom is -0.497 e.